The zero-order valence-electron chi connectivity index (χ0n) is 12.3. The van der Waals surface area contributed by atoms with Crippen molar-refractivity contribution in [1.82, 2.24) is 4.90 Å². The summed E-state index contributed by atoms with van der Waals surface area (Å²) in [6.45, 7) is 7.66. The van der Waals surface area contributed by atoms with Crippen LogP contribution in [0.4, 0.5) is 0 Å². The molecular formula is C16H26N2O. The van der Waals surface area contributed by atoms with Crippen LogP contribution >= 0.6 is 0 Å². The molecule has 1 aromatic carbocycles. The Labute approximate surface area is 116 Å². The quantitative estimate of drug-likeness (QED) is 0.906. The second-order valence-electron chi connectivity index (χ2n) is 5.71. The third-order valence-corrected chi connectivity index (χ3v) is 4.57. The molecule has 1 heterocycles. The molecule has 0 spiro atoms. The Morgan fingerprint density at radius 3 is 2.95 bits per heavy atom. The summed E-state index contributed by atoms with van der Waals surface area (Å²) in [5.74, 6) is 2.31. The standard InChI is InChI=1S/C16H26N2O/c1-12-7-8-18(11-15(12)10-17)13(2)14-5-4-6-16(9-14)19-3/h4-6,9,12-13,15H,7-8,10-11,17H2,1-3H3. The van der Waals surface area contributed by atoms with Crippen molar-refractivity contribution in [3.05, 3.63) is 29.8 Å². The average molecular weight is 262 g/mol. The highest BCUT2D eigenvalue weighted by Crippen LogP contribution is 2.30. The summed E-state index contributed by atoms with van der Waals surface area (Å²) in [4.78, 5) is 2.55. The summed E-state index contributed by atoms with van der Waals surface area (Å²) in [7, 11) is 1.72. The third-order valence-electron chi connectivity index (χ3n) is 4.57. The van der Waals surface area contributed by atoms with E-state index in [1.807, 2.05) is 6.07 Å². The molecule has 3 heteroatoms. The van der Waals surface area contributed by atoms with Crippen LogP contribution < -0.4 is 10.5 Å². The molecule has 0 saturated carbocycles. The van der Waals surface area contributed by atoms with Crippen molar-refractivity contribution in [2.75, 3.05) is 26.7 Å². The third kappa shape index (κ3) is 3.28. The van der Waals surface area contributed by atoms with Gasteiger partial charge >= 0.3 is 0 Å². The first-order chi connectivity index (χ1) is 9.15. The fraction of sp³-hybridized carbons (Fsp3) is 0.625. The van der Waals surface area contributed by atoms with Crippen LogP contribution in [0.15, 0.2) is 24.3 Å². The van der Waals surface area contributed by atoms with Gasteiger partial charge in [0, 0.05) is 12.6 Å². The largest absolute Gasteiger partial charge is 0.497 e. The minimum absolute atomic E-state index is 0.427. The molecule has 0 amide bonds. The van der Waals surface area contributed by atoms with Crippen molar-refractivity contribution in [1.29, 1.82) is 0 Å². The van der Waals surface area contributed by atoms with Crippen molar-refractivity contribution in [2.24, 2.45) is 17.6 Å². The number of nitrogens with two attached hydrogens (primary N) is 1. The molecule has 1 saturated heterocycles. The Balaban J connectivity index is 2.08. The van der Waals surface area contributed by atoms with Gasteiger partial charge in [0.2, 0.25) is 0 Å². The van der Waals surface area contributed by atoms with Crippen molar-refractivity contribution < 1.29 is 4.74 Å². The molecule has 0 aliphatic carbocycles. The predicted molar refractivity (Wildman–Crippen MR) is 79.3 cm³/mol. The number of rotatable bonds is 4. The normalized spacial score (nSPS) is 26.1. The molecule has 1 aliphatic heterocycles. The second kappa shape index (κ2) is 6.40. The van der Waals surface area contributed by atoms with Gasteiger partial charge in [0.05, 0.1) is 7.11 Å². The minimum atomic E-state index is 0.427. The lowest BCUT2D eigenvalue weighted by atomic mass is 9.86. The topological polar surface area (TPSA) is 38.5 Å². The van der Waals surface area contributed by atoms with Gasteiger partial charge in [-0.05, 0) is 56.0 Å². The van der Waals surface area contributed by atoms with Gasteiger partial charge in [-0.25, -0.2) is 0 Å². The average Bonchev–Trinajstić information content (AvgIpc) is 2.47. The second-order valence-corrected chi connectivity index (χ2v) is 5.71. The molecular weight excluding hydrogens is 236 g/mol. The summed E-state index contributed by atoms with van der Waals surface area (Å²) in [5.41, 5.74) is 7.22. The number of likely N-dealkylation sites (tertiary alicyclic amines) is 1. The summed E-state index contributed by atoms with van der Waals surface area (Å²) in [6.07, 6.45) is 1.25. The number of hydrogen-bond donors (Lipinski definition) is 1. The lowest BCUT2D eigenvalue weighted by Gasteiger charge is -2.40. The Kier molecular flexibility index (Phi) is 4.83. The van der Waals surface area contributed by atoms with E-state index in [9.17, 15) is 0 Å². The SMILES string of the molecule is COc1cccc(C(C)N2CCC(C)C(CN)C2)c1. The minimum Gasteiger partial charge on any atom is -0.497 e. The van der Waals surface area contributed by atoms with Crippen molar-refractivity contribution in [2.45, 2.75) is 26.3 Å². The molecule has 3 unspecified atom stereocenters. The number of nitrogens with zero attached hydrogens (tertiary/aromatic N) is 1. The van der Waals surface area contributed by atoms with Gasteiger partial charge < -0.3 is 10.5 Å². The van der Waals surface area contributed by atoms with Crippen LogP contribution in [0.5, 0.6) is 5.75 Å². The summed E-state index contributed by atoms with van der Waals surface area (Å²) in [5, 5.41) is 0. The molecule has 1 aromatic rings. The Bertz CT molecular complexity index is 407. The first kappa shape index (κ1) is 14.4. The van der Waals surface area contributed by atoms with Crippen LogP contribution in [0.25, 0.3) is 0 Å². The van der Waals surface area contributed by atoms with E-state index < -0.39 is 0 Å². The Morgan fingerprint density at radius 2 is 2.26 bits per heavy atom. The molecule has 19 heavy (non-hydrogen) atoms. The van der Waals surface area contributed by atoms with Gasteiger partial charge in [-0.3, -0.25) is 4.90 Å². The van der Waals surface area contributed by atoms with Crippen LogP contribution in [-0.4, -0.2) is 31.6 Å². The number of hydrogen-bond acceptors (Lipinski definition) is 3. The maximum Gasteiger partial charge on any atom is 0.119 e. The first-order valence-electron chi connectivity index (χ1n) is 7.23. The molecule has 3 nitrogen and oxygen atoms in total. The van der Waals surface area contributed by atoms with E-state index in [0.29, 0.717) is 12.0 Å². The van der Waals surface area contributed by atoms with Crippen molar-refractivity contribution in [3.8, 4) is 5.75 Å². The van der Waals surface area contributed by atoms with E-state index in [-0.39, 0.29) is 0 Å². The lowest BCUT2D eigenvalue weighted by Crippen LogP contribution is -2.43. The first-order valence-corrected chi connectivity index (χ1v) is 7.23. The van der Waals surface area contributed by atoms with Crippen molar-refractivity contribution in [3.63, 3.8) is 0 Å². The van der Waals surface area contributed by atoms with Gasteiger partial charge in [-0.1, -0.05) is 19.1 Å². The zero-order valence-corrected chi connectivity index (χ0v) is 12.3. The number of methoxy groups -OCH3 is 1. The van der Waals surface area contributed by atoms with E-state index in [1.54, 1.807) is 7.11 Å². The van der Waals surface area contributed by atoms with Crippen molar-refractivity contribution >= 4 is 0 Å². The van der Waals surface area contributed by atoms with Gasteiger partial charge in [0.1, 0.15) is 5.75 Å². The van der Waals surface area contributed by atoms with Gasteiger partial charge in [0.25, 0.3) is 0 Å². The molecule has 1 fully saturated rings. The van der Waals surface area contributed by atoms with E-state index >= 15 is 0 Å². The Hall–Kier alpha value is -1.06. The summed E-state index contributed by atoms with van der Waals surface area (Å²) < 4.78 is 5.31. The highest BCUT2D eigenvalue weighted by molar-refractivity contribution is 5.30. The van der Waals surface area contributed by atoms with Crippen LogP contribution in [0.3, 0.4) is 0 Å². The molecule has 0 aromatic heterocycles. The fourth-order valence-electron chi connectivity index (χ4n) is 2.95. The summed E-state index contributed by atoms with van der Waals surface area (Å²) in [6, 6.07) is 8.81. The van der Waals surface area contributed by atoms with Gasteiger partial charge in [0.15, 0.2) is 0 Å². The fourth-order valence-corrected chi connectivity index (χ4v) is 2.95. The van der Waals surface area contributed by atoms with Crippen LogP contribution in [0, 0.1) is 11.8 Å². The number of benzene rings is 1. The number of ether oxygens (including phenoxy) is 1. The molecule has 0 bridgehead atoms. The van der Waals surface area contributed by atoms with Crippen LogP contribution in [-0.2, 0) is 0 Å². The highest BCUT2D eigenvalue weighted by atomic mass is 16.5. The molecule has 3 atom stereocenters. The highest BCUT2D eigenvalue weighted by Gasteiger charge is 2.28. The predicted octanol–water partition coefficient (Wildman–Crippen LogP) is 2.67. The molecule has 2 N–H and O–H groups in total. The maximum atomic E-state index is 5.89. The zero-order chi connectivity index (χ0) is 13.8. The van der Waals surface area contributed by atoms with Gasteiger partial charge in [-0.15, -0.1) is 0 Å². The number of piperidine rings is 1. The molecule has 2 rings (SSSR count). The summed E-state index contributed by atoms with van der Waals surface area (Å²) >= 11 is 0. The molecule has 1 aliphatic rings. The lowest BCUT2D eigenvalue weighted by molar-refractivity contribution is 0.0977. The van der Waals surface area contributed by atoms with E-state index in [4.69, 9.17) is 10.5 Å². The Morgan fingerprint density at radius 1 is 1.47 bits per heavy atom. The van der Waals surface area contributed by atoms with E-state index in [1.165, 1.54) is 12.0 Å². The van der Waals surface area contributed by atoms with E-state index in [2.05, 4.69) is 36.9 Å². The van der Waals surface area contributed by atoms with Crippen LogP contribution in [0.2, 0.25) is 0 Å². The monoisotopic (exact) mass is 262 g/mol. The maximum absolute atomic E-state index is 5.89. The van der Waals surface area contributed by atoms with Gasteiger partial charge in [-0.2, -0.15) is 0 Å². The smallest absolute Gasteiger partial charge is 0.119 e. The molecule has 106 valence electrons. The van der Waals surface area contributed by atoms with E-state index in [0.717, 1.165) is 31.3 Å². The van der Waals surface area contributed by atoms with Crippen LogP contribution in [0.1, 0.15) is 31.9 Å². The molecule has 0 radical (unpaired) electrons.